The van der Waals surface area contributed by atoms with Crippen molar-refractivity contribution >= 4 is 22.8 Å². The van der Waals surface area contributed by atoms with Gasteiger partial charge in [-0.25, -0.2) is 9.97 Å². The van der Waals surface area contributed by atoms with Crippen LogP contribution in [-0.4, -0.2) is 50.9 Å². The molecule has 2 fully saturated rings. The fourth-order valence-corrected chi connectivity index (χ4v) is 3.73. The topological polar surface area (TPSA) is 88.9 Å². The minimum atomic E-state index is -0.0728. The first-order chi connectivity index (χ1) is 11.7. The van der Waals surface area contributed by atoms with E-state index in [0.717, 1.165) is 55.7 Å². The normalized spacial score (nSPS) is 19.3. The van der Waals surface area contributed by atoms with Gasteiger partial charge in [0.1, 0.15) is 17.8 Å². The lowest BCUT2D eigenvalue weighted by molar-refractivity contribution is -0.133. The quantitative estimate of drug-likeness (QED) is 0.930. The molecule has 1 spiro atoms. The van der Waals surface area contributed by atoms with Crippen molar-refractivity contribution in [3.63, 3.8) is 0 Å². The van der Waals surface area contributed by atoms with Gasteiger partial charge in [-0.05, 0) is 25.3 Å². The SMILES string of the molecule is N#CCCC(=O)N1CCCN(c2ncnc3[nH]ccc23)CC12CC2. The highest BCUT2D eigenvalue weighted by atomic mass is 16.2. The molecule has 2 aromatic heterocycles. The Morgan fingerprint density at radius 1 is 1.38 bits per heavy atom. The Balaban J connectivity index is 1.60. The average Bonchev–Trinajstić information content (AvgIpc) is 3.26. The molecule has 7 nitrogen and oxygen atoms in total. The molecule has 3 heterocycles. The number of nitriles is 1. The molecule has 4 rings (SSSR count). The zero-order chi connectivity index (χ0) is 16.6. The third kappa shape index (κ3) is 2.48. The first-order valence-electron chi connectivity index (χ1n) is 8.44. The van der Waals surface area contributed by atoms with Crippen molar-refractivity contribution in [1.29, 1.82) is 5.26 Å². The molecule has 1 saturated heterocycles. The van der Waals surface area contributed by atoms with Crippen LogP contribution in [0.4, 0.5) is 5.82 Å². The highest BCUT2D eigenvalue weighted by Crippen LogP contribution is 2.45. The molecule has 0 bridgehead atoms. The minimum Gasteiger partial charge on any atom is -0.354 e. The molecule has 0 unspecified atom stereocenters. The molecule has 1 saturated carbocycles. The second kappa shape index (κ2) is 5.78. The van der Waals surface area contributed by atoms with E-state index < -0.39 is 0 Å². The van der Waals surface area contributed by atoms with Gasteiger partial charge in [-0.3, -0.25) is 4.79 Å². The fraction of sp³-hybridized carbons (Fsp3) is 0.529. The Kier molecular flexibility index (Phi) is 3.60. The van der Waals surface area contributed by atoms with Crippen LogP contribution in [0.25, 0.3) is 11.0 Å². The number of nitrogens with one attached hydrogen (secondary N) is 1. The van der Waals surface area contributed by atoms with Crippen LogP contribution < -0.4 is 4.90 Å². The van der Waals surface area contributed by atoms with E-state index in [1.54, 1.807) is 6.33 Å². The van der Waals surface area contributed by atoms with Gasteiger partial charge in [-0.1, -0.05) is 0 Å². The molecule has 2 aliphatic rings. The monoisotopic (exact) mass is 324 g/mol. The van der Waals surface area contributed by atoms with Crippen LogP contribution in [0.2, 0.25) is 0 Å². The summed E-state index contributed by atoms with van der Waals surface area (Å²) < 4.78 is 0. The Hall–Kier alpha value is -2.62. The predicted molar refractivity (Wildman–Crippen MR) is 89.2 cm³/mol. The van der Waals surface area contributed by atoms with Gasteiger partial charge in [0.15, 0.2) is 0 Å². The maximum atomic E-state index is 12.5. The summed E-state index contributed by atoms with van der Waals surface area (Å²) in [5.41, 5.74) is 0.771. The number of hydrogen-bond acceptors (Lipinski definition) is 5. The molecule has 124 valence electrons. The number of carbonyl (C=O) groups is 1. The molecule has 2 aromatic rings. The summed E-state index contributed by atoms with van der Waals surface area (Å²) in [5.74, 6) is 1.06. The number of H-pyrrole nitrogens is 1. The summed E-state index contributed by atoms with van der Waals surface area (Å²) in [7, 11) is 0. The van der Waals surface area contributed by atoms with E-state index in [1.165, 1.54) is 0 Å². The number of aromatic amines is 1. The summed E-state index contributed by atoms with van der Waals surface area (Å²) in [4.78, 5) is 28.7. The number of nitrogens with zero attached hydrogens (tertiary/aromatic N) is 5. The van der Waals surface area contributed by atoms with Gasteiger partial charge in [-0.15, -0.1) is 0 Å². The van der Waals surface area contributed by atoms with E-state index in [2.05, 4.69) is 25.9 Å². The first-order valence-corrected chi connectivity index (χ1v) is 8.44. The van der Waals surface area contributed by atoms with Gasteiger partial charge in [0.25, 0.3) is 0 Å². The molecule has 1 aliphatic heterocycles. The maximum absolute atomic E-state index is 12.5. The molecule has 24 heavy (non-hydrogen) atoms. The van der Waals surface area contributed by atoms with Crippen LogP contribution in [0.5, 0.6) is 0 Å². The molecule has 0 aromatic carbocycles. The summed E-state index contributed by atoms with van der Waals surface area (Å²) >= 11 is 0. The van der Waals surface area contributed by atoms with Crippen molar-refractivity contribution in [3.8, 4) is 6.07 Å². The number of amides is 1. The van der Waals surface area contributed by atoms with Crippen molar-refractivity contribution in [1.82, 2.24) is 19.9 Å². The van der Waals surface area contributed by atoms with Crippen LogP contribution in [0.15, 0.2) is 18.6 Å². The zero-order valence-corrected chi connectivity index (χ0v) is 13.5. The molecular formula is C17H20N6O. The second-order valence-electron chi connectivity index (χ2n) is 6.64. The Morgan fingerprint density at radius 3 is 3.04 bits per heavy atom. The first kappa shape index (κ1) is 14.9. The van der Waals surface area contributed by atoms with Gasteiger partial charge in [0.2, 0.25) is 5.91 Å². The van der Waals surface area contributed by atoms with Crippen molar-refractivity contribution in [2.75, 3.05) is 24.5 Å². The van der Waals surface area contributed by atoms with Crippen LogP contribution in [0, 0.1) is 11.3 Å². The minimum absolute atomic E-state index is 0.0728. The van der Waals surface area contributed by atoms with E-state index in [1.807, 2.05) is 17.2 Å². The molecule has 0 radical (unpaired) electrons. The second-order valence-corrected chi connectivity index (χ2v) is 6.64. The number of hydrogen-bond donors (Lipinski definition) is 1. The molecule has 1 N–H and O–H groups in total. The van der Waals surface area contributed by atoms with Gasteiger partial charge in [0.05, 0.1) is 17.0 Å². The van der Waals surface area contributed by atoms with Crippen molar-refractivity contribution in [2.24, 2.45) is 0 Å². The lowest BCUT2D eigenvalue weighted by Crippen LogP contribution is -2.46. The average molecular weight is 324 g/mol. The van der Waals surface area contributed by atoms with Crippen LogP contribution >= 0.6 is 0 Å². The van der Waals surface area contributed by atoms with E-state index >= 15 is 0 Å². The Morgan fingerprint density at radius 2 is 2.25 bits per heavy atom. The standard InChI is InChI=1S/C17H20N6O/c18-7-1-3-14(24)23-10-2-9-22(11-17(23)5-6-17)16-13-4-8-19-15(13)20-12-21-16/h4,8,12H,1-3,5-6,9-11H2,(H,19,20,21). The van der Waals surface area contributed by atoms with E-state index in [-0.39, 0.29) is 11.4 Å². The lowest BCUT2D eigenvalue weighted by Gasteiger charge is -2.32. The molecule has 0 atom stereocenters. The fourth-order valence-electron chi connectivity index (χ4n) is 3.73. The number of carbonyl (C=O) groups excluding carboxylic acids is 1. The third-order valence-electron chi connectivity index (χ3n) is 5.08. The summed E-state index contributed by atoms with van der Waals surface area (Å²) in [5, 5.41) is 9.77. The molecule has 1 aliphatic carbocycles. The largest absolute Gasteiger partial charge is 0.354 e. The van der Waals surface area contributed by atoms with Gasteiger partial charge in [-0.2, -0.15) is 5.26 Å². The number of fused-ring (bicyclic) bond motifs is 1. The lowest BCUT2D eigenvalue weighted by atomic mass is 10.1. The highest BCUT2D eigenvalue weighted by Gasteiger charge is 2.52. The summed E-state index contributed by atoms with van der Waals surface area (Å²) in [6, 6.07) is 4.08. The molecule has 1 amide bonds. The van der Waals surface area contributed by atoms with Crippen molar-refractivity contribution < 1.29 is 4.79 Å². The summed E-state index contributed by atoms with van der Waals surface area (Å²) in [6.07, 6.45) is 7.07. The smallest absolute Gasteiger partial charge is 0.224 e. The van der Waals surface area contributed by atoms with E-state index in [9.17, 15) is 4.79 Å². The maximum Gasteiger partial charge on any atom is 0.224 e. The Labute approximate surface area is 140 Å². The van der Waals surface area contributed by atoms with Gasteiger partial charge in [0, 0.05) is 38.7 Å². The highest BCUT2D eigenvalue weighted by molar-refractivity contribution is 5.87. The number of anilines is 1. The van der Waals surface area contributed by atoms with Crippen molar-refractivity contribution in [2.45, 2.75) is 37.6 Å². The van der Waals surface area contributed by atoms with Gasteiger partial charge < -0.3 is 14.8 Å². The van der Waals surface area contributed by atoms with E-state index in [0.29, 0.717) is 12.8 Å². The number of rotatable bonds is 3. The number of aromatic nitrogens is 3. The predicted octanol–water partition coefficient (Wildman–Crippen LogP) is 1.83. The van der Waals surface area contributed by atoms with E-state index in [4.69, 9.17) is 5.26 Å². The van der Waals surface area contributed by atoms with Crippen LogP contribution in [0.1, 0.15) is 32.1 Å². The molecular weight excluding hydrogens is 304 g/mol. The van der Waals surface area contributed by atoms with Crippen LogP contribution in [-0.2, 0) is 4.79 Å². The summed E-state index contributed by atoms with van der Waals surface area (Å²) in [6.45, 7) is 2.45. The molecule has 7 heteroatoms. The zero-order valence-electron chi connectivity index (χ0n) is 13.5. The van der Waals surface area contributed by atoms with Crippen molar-refractivity contribution in [3.05, 3.63) is 18.6 Å². The van der Waals surface area contributed by atoms with Crippen LogP contribution in [0.3, 0.4) is 0 Å². The third-order valence-corrected chi connectivity index (χ3v) is 5.08. The van der Waals surface area contributed by atoms with Gasteiger partial charge >= 0.3 is 0 Å². The Bertz CT molecular complexity index is 803.